The predicted molar refractivity (Wildman–Crippen MR) is 111 cm³/mol. The molecule has 154 valence electrons. The third kappa shape index (κ3) is 4.61. The van der Waals surface area contributed by atoms with Crippen molar-refractivity contribution in [3.63, 3.8) is 0 Å². The number of esters is 2. The average Bonchev–Trinajstić information content (AvgIpc) is 2.76. The van der Waals surface area contributed by atoms with Crippen LogP contribution < -0.4 is 20.9 Å². The number of methoxy groups -OCH3 is 2. The first-order valence-corrected chi connectivity index (χ1v) is 8.82. The Hall–Kier alpha value is -4.20. The van der Waals surface area contributed by atoms with Crippen molar-refractivity contribution in [2.45, 2.75) is 0 Å². The van der Waals surface area contributed by atoms with E-state index in [4.69, 9.17) is 30.4 Å². The number of ether oxygens (including phenoxy) is 4. The summed E-state index contributed by atoms with van der Waals surface area (Å²) in [5.74, 6) is -0.318. The maximum atomic E-state index is 12.4. The van der Waals surface area contributed by atoms with Gasteiger partial charge in [0, 0.05) is 11.4 Å². The van der Waals surface area contributed by atoms with Gasteiger partial charge >= 0.3 is 11.9 Å². The Bertz CT molecular complexity index is 975. The molecular formula is C22H20N2O6. The second-order valence-corrected chi connectivity index (χ2v) is 6.17. The van der Waals surface area contributed by atoms with Gasteiger partial charge in [-0.05, 0) is 60.7 Å². The highest BCUT2D eigenvalue weighted by Crippen LogP contribution is 2.35. The molecule has 0 saturated carbocycles. The molecule has 0 atom stereocenters. The maximum absolute atomic E-state index is 12.4. The third-order valence-corrected chi connectivity index (χ3v) is 4.11. The summed E-state index contributed by atoms with van der Waals surface area (Å²) in [6, 6.07) is 15.8. The lowest BCUT2D eigenvalue weighted by Crippen LogP contribution is -2.09. The van der Waals surface area contributed by atoms with Crippen LogP contribution in [0.1, 0.15) is 20.7 Å². The van der Waals surface area contributed by atoms with E-state index in [-0.39, 0.29) is 22.6 Å². The maximum Gasteiger partial charge on any atom is 0.341 e. The summed E-state index contributed by atoms with van der Waals surface area (Å²) in [4.78, 5) is 24.7. The Morgan fingerprint density at radius 3 is 1.27 bits per heavy atom. The molecule has 0 unspecified atom stereocenters. The molecule has 0 aliphatic carbocycles. The van der Waals surface area contributed by atoms with Crippen molar-refractivity contribution in [1.82, 2.24) is 0 Å². The lowest BCUT2D eigenvalue weighted by atomic mass is 10.1. The summed E-state index contributed by atoms with van der Waals surface area (Å²) >= 11 is 0. The zero-order chi connectivity index (χ0) is 21.7. The van der Waals surface area contributed by atoms with Crippen LogP contribution in [-0.4, -0.2) is 26.2 Å². The molecule has 0 bridgehead atoms. The smallest absolute Gasteiger partial charge is 0.341 e. The van der Waals surface area contributed by atoms with E-state index in [9.17, 15) is 9.59 Å². The van der Waals surface area contributed by atoms with Gasteiger partial charge in [0.25, 0.3) is 0 Å². The summed E-state index contributed by atoms with van der Waals surface area (Å²) < 4.78 is 21.3. The molecule has 0 heterocycles. The zero-order valence-electron chi connectivity index (χ0n) is 16.4. The van der Waals surface area contributed by atoms with Crippen molar-refractivity contribution in [3.05, 3.63) is 71.8 Å². The van der Waals surface area contributed by atoms with E-state index >= 15 is 0 Å². The molecule has 0 radical (unpaired) electrons. The van der Waals surface area contributed by atoms with Crippen LogP contribution in [0.2, 0.25) is 0 Å². The van der Waals surface area contributed by atoms with Gasteiger partial charge < -0.3 is 30.4 Å². The standard InChI is InChI=1S/C22H20N2O6/c1-27-21(25)17-11-20(30-16-9-5-14(24)6-10-16)18(22(26)28-2)12-19(17)29-15-7-3-13(23)4-8-15/h3-12H,23-24H2,1-2H3. The predicted octanol–water partition coefficient (Wildman–Crippen LogP) is 4.01. The molecule has 3 aromatic rings. The molecule has 3 rings (SSSR count). The SMILES string of the molecule is COC(=O)c1cc(Oc2ccc(N)cc2)c(C(=O)OC)cc1Oc1ccc(N)cc1. The molecule has 0 fully saturated rings. The first-order valence-electron chi connectivity index (χ1n) is 8.82. The average molecular weight is 408 g/mol. The molecule has 0 aliphatic heterocycles. The minimum absolute atomic E-state index is 0.0624. The van der Waals surface area contributed by atoms with Crippen molar-refractivity contribution < 1.29 is 28.5 Å². The molecule has 0 aliphatic rings. The Morgan fingerprint density at radius 2 is 0.967 bits per heavy atom. The monoisotopic (exact) mass is 408 g/mol. The lowest BCUT2D eigenvalue weighted by Gasteiger charge is -2.16. The highest BCUT2D eigenvalue weighted by atomic mass is 16.5. The normalized spacial score (nSPS) is 10.2. The molecule has 3 aromatic carbocycles. The number of carbonyl (C=O) groups excluding carboxylic acids is 2. The molecule has 0 saturated heterocycles. The summed E-state index contributed by atoms with van der Waals surface area (Å²) in [6.45, 7) is 0. The number of hydrogen-bond acceptors (Lipinski definition) is 8. The van der Waals surface area contributed by atoms with Gasteiger partial charge in [-0.2, -0.15) is 0 Å². The Labute approximate surface area is 172 Å². The Kier molecular flexibility index (Phi) is 6.07. The van der Waals surface area contributed by atoms with Crippen molar-refractivity contribution in [3.8, 4) is 23.0 Å². The molecule has 8 heteroatoms. The zero-order valence-corrected chi connectivity index (χ0v) is 16.4. The highest BCUT2D eigenvalue weighted by molar-refractivity contribution is 5.98. The van der Waals surface area contributed by atoms with Crippen LogP contribution in [0.3, 0.4) is 0 Å². The second-order valence-electron chi connectivity index (χ2n) is 6.17. The van der Waals surface area contributed by atoms with E-state index < -0.39 is 11.9 Å². The molecule has 0 aromatic heterocycles. The Balaban J connectivity index is 2.09. The number of nitrogen functional groups attached to an aromatic ring is 2. The number of anilines is 2. The molecule has 30 heavy (non-hydrogen) atoms. The van der Waals surface area contributed by atoms with Crippen LogP contribution in [0.4, 0.5) is 11.4 Å². The van der Waals surface area contributed by atoms with Crippen LogP contribution in [0.5, 0.6) is 23.0 Å². The van der Waals surface area contributed by atoms with Gasteiger partial charge in [0.1, 0.15) is 34.1 Å². The quantitative estimate of drug-likeness (QED) is 0.463. The van der Waals surface area contributed by atoms with Crippen molar-refractivity contribution in [1.29, 1.82) is 0 Å². The first-order chi connectivity index (χ1) is 14.4. The lowest BCUT2D eigenvalue weighted by molar-refractivity contribution is 0.0581. The van der Waals surface area contributed by atoms with E-state index in [1.165, 1.54) is 26.4 Å². The van der Waals surface area contributed by atoms with Crippen molar-refractivity contribution in [2.75, 3.05) is 25.7 Å². The van der Waals surface area contributed by atoms with E-state index in [1.807, 2.05) is 0 Å². The Morgan fingerprint density at radius 1 is 0.633 bits per heavy atom. The van der Waals surface area contributed by atoms with Gasteiger partial charge in [-0.1, -0.05) is 0 Å². The number of nitrogens with two attached hydrogens (primary N) is 2. The second kappa shape index (κ2) is 8.87. The minimum atomic E-state index is -0.668. The van der Waals surface area contributed by atoms with E-state index in [0.717, 1.165) is 0 Å². The van der Waals surface area contributed by atoms with Gasteiger partial charge in [0.15, 0.2) is 0 Å². The minimum Gasteiger partial charge on any atom is -0.465 e. The molecule has 0 amide bonds. The summed E-state index contributed by atoms with van der Waals surface area (Å²) in [7, 11) is 2.48. The number of carbonyl (C=O) groups is 2. The van der Waals surface area contributed by atoms with Crippen molar-refractivity contribution >= 4 is 23.3 Å². The van der Waals surface area contributed by atoms with Gasteiger partial charge in [-0.15, -0.1) is 0 Å². The topological polar surface area (TPSA) is 123 Å². The van der Waals surface area contributed by atoms with E-state index in [0.29, 0.717) is 22.9 Å². The number of benzene rings is 3. The largest absolute Gasteiger partial charge is 0.465 e. The highest BCUT2D eigenvalue weighted by Gasteiger charge is 2.23. The van der Waals surface area contributed by atoms with E-state index in [2.05, 4.69) is 0 Å². The van der Waals surface area contributed by atoms with Gasteiger partial charge in [-0.3, -0.25) is 0 Å². The molecule has 4 N–H and O–H groups in total. The van der Waals surface area contributed by atoms with E-state index in [1.54, 1.807) is 48.5 Å². The number of rotatable bonds is 6. The summed E-state index contributed by atoms with van der Waals surface area (Å²) in [5.41, 5.74) is 12.6. The van der Waals surface area contributed by atoms with Gasteiger partial charge in [0.2, 0.25) is 0 Å². The fourth-order valence-electron chi connectivity index (χ4n) is 2.59. The fraction of sp³-hybridized carbons (Fsp3) is 0.0909. The van der Waals surface area contributed by atoms with Crippen LogP contribution in [0.15, 0.2) is 60.7 Å². The first kappa shape index (κ1) is 20.5. The van der Waals surface area contributed by atoms with Crippen LogP contribution in [0.25, 0.3) is 0 Å². The van der Waals surface area contributed by atoms with Crippen LogP contribution in [-0.2, 0) is 9.47 Å². The fourth-order valence-corrected chi connectivity index (χ4v) is 2.59. The molecule has 0 spiro atoms. The van der Waals surface area contributed by atoms with Crippen LogP contribution >= 0.6 is 0 Å². The van der Waals surface area contributed by atoms with Crippen LogP contribution in [0, 0.1) is 0 Å². The summed E-state index contributed by atoms with van der Waals surface area (Å²) in [6.07, 6.45) is 0. The molecular weight excluding hydrogens is 388 g/mol. The third-order valence-electron chi connectivity index (χ3n) is 4.11. The summed E-state index contributed by atoms with van der Waals surface area (Å²) in [5, 5.41) is 0. The van der Waals surface area contributed by atoms with Gasteiger partial charge in [-0.25, -0.2) is 9.59 Å². The molecule has 8 nitrogen and oxygen atoms in total. The van der Waals surface area contributed by atoms with Crippen molar-refractivity contribution in [2.24, 2.45) is 0 Å². The van der Waals surface area contributed by atoms with Gasteiger partial charge in [0.05, 0.1) is 14.2 Å². The number of hydrogen-bond donors (Lipinski definition) is 2.